The summed E-state index contributed by atoms with van der Waals surface area (Å²) in [5.41, 5.74) is 0.164. The Kier molecular flexibility index (Phi) is 5.51. The first-order chi connectivity index (χ1) is 11.3. The molecule has 8 heteroatoms. The Bertz CT molecular complexity index is 701. The van der Waals surface area contributed by atoms with Crippen LogP contribution in [0.1, 0.15) is 17.5 Å². The van der Waals surface area contributed by atoms with Crippen molar-refractivity contribution in [3.8, 4) is 0 Å². The number of carbonyl (C=O) groups excluding carboxylic acids is 2. The molecule has 0 spiro atoms. The van der Waals surface area contributed by atoms with Crippen LogP contribution in [0.2, 0.25) is 0 Å². The van der Waals surface area contributed by atoms with Crippen LogP contribution in [0.25, 0.3) is 0 Å². The largest absolute Gasteiger partial charge is 0.416 e. The SMILES string of the molecule is O=C(CC(=O)Nc1ccc(C(F)(F)F)cc1)NCc1cccnc1. The van der Waals surface area contributed by atoms with Crippen molar-refractivity contribution in [2.45, 2.75) is 19.1 Å². The summed E-state index contributed by atoms with van der Waals surface area (Å²) in [5.74, 6) is -1.11. The standard InChI is InChI=1S/C16H14F3N3O2/c17-16(18,19)12-3-5-13(6-4-12)22-15(24)8-14(23)21-10-11-2-1-7-20-9-11/h1-7,9H,8,10H2,(H,21,23)(H,22,24). The van der Waals surface area contributed by atoms with E-state index in [4.69, 9.17) is 0 Å². The maximum atomic E-state index is 12.4. The minimum Gasteiger partial charge on any atom is -0.352 e. The van der Waals surface area contributed by atoms with E-state index >= 15 is 0 Å². The fourth-order valence-corrected chi connectivity index (χ4v) is 1.86. The van der Waals surface area contributed by atoms with Crippen LogP contribution in [-0.2, 0) is 22.3 Å². The van der Waals surface area contributed by atoms with Crippen LogP contribution in [0.3, 0.4) is 0 Å². The highest BCUT2D eigenvalue weighted by atomic mass is 19.4. The molecule has 1 aromatic carbocycles. The lowest BCUT2D eigenvalue weighted by Gasteiger charge is -2.09. The molecule has 126 valence electrons. The van der Waals surface area contributed by atoms with Crippen molar-refractivity contribution >= 4 is 17.5 Å². The first-order valence-corrected chi connectivity index (χ1v) is 6.97. The first kappa shape index (κ1) is 17.5. The second kappa shape index (κ2) is 7.58. The zero-order valence-corrected chi connectivity index (χ0v) is 12.4. The van der Waals surface area contributed by atoms with Gasteiger partial charge in [-0.2, -0.15) is 13.2 Å². The number of aromatic nitrogens is 1. The van der Waals surface area contributed by atoms with E-state index in [-0.39, 0.29) is 12.2 Å². The molecular formula is C16H14F3N3O2. The number of rotatable bonds is 5. The van der Waals surface area contributed by atoms with Gasteiger partial charge >= 0.3 is 6.18 Å². The van der Waals surface area contributed by atoms with Crippen molar-refractivity contribution < 1.29 is 22.8 Å². The van der Waals surface area contributed by atoms with E-state index in [9.17, 15) is 22.8 Å². The van der Waals surface area contributed by atoms with Gasteiger partial charge in [-0.1, -0.05) is 6.07 Å². The molecule has 0 fully saturated rings. The summed E-state index contributed by atoms with van der Waals surface area (Å²) in [7, 11) is 0. The lowest BCUT2D eigenvalue weighted by molar-refractivity contribution is -0.137. The Hall–Kier alpha value is -2.90. The number of hydrogen-bond acceptors (Lipinski definition) is 3. The number of anilines is 1. The second-order valence-electron chi connectivity index (χ2n) is 4.94. The Balaban J connectivity index is 1.81. The molecule has 5 nitrogen and oxygen atoms in total. The van der Waals surface area contributed by atoms with E-state index in [0.29, 0.717) is 0 Å². The third kappa shape index (κ3) is 5.38. The minimum atomic E-state index is -4.44. The van der Waals surface area contributed by atoms with Crippen LogP contribution in [-0.4, -0.2) is 16.8 Å². The molecule has 0 saturated heterocycles. The first-order valence-electron chi connectivity index (χ1n) is 6.97. The highest BCUT2D eigenvalue weighted by Gasteiger charge is 2.29. The number of hydrogen-bond donors (Lipinski definition) is 2. The number of nitrogens with zero attached hydrogens (tertiary/aromatic N) is 1. The van der Waals surface area contributed by atoms with Gasteiger partial charge in [0.15, 0.2) is 0 Å². The van der Waals surface area contributed by atoms with Crippen LogP contribution < -0.4 is 10.6 Å². The summed E-state index contributed by atoms with van der Waals surface area (Å²) in [6.45, 7) is 0.236. The third-order valence-electron chi connectivity index (χ3n) is 3.03. The summed E-state index contributed by atoms with van der Waals surface area (Å²) in [4.78, 5) is 27.3. The summed E-state index contributed by atoms with van der Waals surface area (Å²) >= 11 is 0. The fraction of sp³-hybridized carbons (Fsp3) is 0.188. The van der Waals surface area contributed by atoms with Gasteiger partial charge in [0.05, 0.1) is 5.56 Å². The van der Waals surface area contributed by atoms with Crippen molar-refractivity contribution in [1.29, 1.82) is 0 Å². The molecule has 0 radical (unpaired) electrons. The molecule has 2 amide bonds. The molecule has 24 heavy (non-hydrogen) atoms. The molecule has 0 aliphatic carbocycles. The second-order valence-corrected chi connectivity index (χ2v) is 4.94. The van der Waals surface area contributed by atoms with E-state index in [1.165, 1.54) is 0 Å². The predicted octanol–water partition coefficient (Wildman–Crippen LogP) is 2.75. The van der Waals surface area contributed by atoms with Gasteiger partial charge in [-0.25, -0.2) is 0 Å². The lowest BCUT2D eigenvalue weighted by Crippen LogP contribution is -2.27. The number of pyridine rings is 1. The third-order valence-corrected chi connectivity index (χ3v) is 3.03. The van der Waals surface area contributed by atoms with E-state index in [1.807, 2.05) is 0 Å². The van der Waals surface area contributed by atoms with Gasteiger partial charge in [0.1, 0.15) is 6.42 Å². The van der Waals surface area contributed by atoms with Crippen LogP contribution in [0, 0.1) is 0 Å². The number of alkyl halides is 3. The molecule has 0 atom stereocenters. The van der Waals surface area contributed by atoms with Gasteiger partial charge < -0.3 is 10.6 Å². The van der Waals surface area contributed by atoms with Crippen molar-refractivity contribution in [1.82, 2.24) is 10.3 Å². The Morgan fingerprint density at radius 3 is 2.33 bits per heavy atom. The molecule has 0 aliphatic heterocycles. The quantitative estimate of drug-likeness (QED) is 0.824. The number of amides is 2. The number of halogens is 3. The monoisotopic (exact) mass is 337 g/mol. The molecular weight excluding hydrogens is 323 g/mol. The average Bonchev–Trinajstić information content (AvgIpc) is 2.53. The van der Waals surface area contributed by atoms with Gasteiger partial charge in [0.25, 0.3) is 0 Å². The van der Waals surface area contributed by atoms with E-state index in [0.717, 1.165) is 29.8 Å². The molecule has 2 aromatic rings. The summed E-state index contributed by atoms with van der Waals surface area (Å²) in [6, 6.07) is 7.48. The van der Waals surface area contributed by atoms with Gasteiger partial charge in [0.2, 0.25) is 11.8 Å². The minimum absolute atomic E-state index is 0.188. The Morgan fingerprint density at radius 2 is 1.75 bits per heavy atom. The summed E-state index contributed by atoms with van der Waals surface area (Å²) in [5, 5.41) is 4.93. The fourth-order valence-electron chi connectivity index (χ4n) is 1.86. The summed E-state index contributed by atoms with van der Waals surface area (Å²) in [6.07, 6.45) is -1.68. The molecule has 0 aliphatic rings. The Morgan fingerprint density at radius 1 is 1.04 bits per heavy atom. The highest BCUT2D eigenvalue weighted by molar-refractivity contribution is 6.03. The average molecular weight is 337 g/mol. The van der Waals surface area contributed by atoms with Crippen molar-refractivity contribution in [3.63, 3.8) is 0 Å². The van der Waals surface area contributed by atoms with Crippen molar-refractivity contribution in [2.75, 3.05) is 5.32 Å². The molecule has 0 bridgehead atoms. The molecule has 2 rings (SSSR count). The van der Waals surface area contributed by atoms with Crippen LogP contribution in [0.15, 0.2) is 48.8 Å². The van der Waals surface area contributed by atoms with Gasteiger partial charge in [-0.3, -0.25) is 14.6 Å². The van der Waals surface area contributed by atoms with E-state index < -0.39 is 30.0 Å². The lowest BCUT2D eigenvalue weighted by atomic mass is 10.2. The smallest absolute Gasteiger partial charge is 0.352 e. The zero-order valence-electron chi connectivity index (χ0n) is 12.4. The number of nitrogens with one attached hydrogen (secondary N) is 2. The molecule has 1 heterocycles. The zero-order chi connectivity index (χ0) is 17.6. The predicted molar refractivity (Wildman–Crippen MR) is 80.8 cm³/mol. The van der Waals surface area contributed by atoms with Crippen LogP contribution in [0.5, 0.6) is 0 Å². The maximum absolute atomic E-state index is 12.4. The number of benzene rings is 1. The molecule has 2 N–H and O–H groups in total. The maximum Gasteiger partial charge on any atom is 0.416 e. The molecule has 0 saturated carbocycles. The number of carbonyl (C=O) groups is 2. The molecule has 1 aromatic heterocycles. The van der Waals surface area contributed by atoms with Gasteiger partial charge in [0, 0.05) is 24.6 Å². The molecule has 0 unspecified atom stereocenters. The Labute approximate surface area is 135 Å². The van der Waals surface area contributed by atoms with Crippen LogP contribution >= 0.6 is 0 Å². The van der Waals surface area contributed by atoms with Crippen LogP contribution in [0.4, 0.5) is 18.9 Å². The van der Waals surface area contributed by atoms with E-state index in [1.54, 1.807) is 24.5 Å². The normalized spacial score (nSPS) is 11.0. The van der Waals surface area contributed by atoms with Crippen molar-refractivity contribution in [3.05, 3.63) is 59.9 Å². The van der Waals surface area contributed by atoms with Gasteiger partial charge in [-0.05, 0) is 35.9 Å². The van der Waals surface area contributed by atoms with Crippen molar-refractivity contribution in [2.24, 2.45) is 0 Å². The van der Waals surface area contributed by atoms with E-state index in [2.05, 4.69) is 15.6 Å². The van der Waals surface area contributed by atoms with Gasteiger partial charge in [-0.15, -0.1) is 0 Å². The topological polar surface area (TPSA) is 71.1 Å². The summed E-state index contributed by atoms with van der Waals surface area (Å²) < 4.78 is 37.3. The highest BCUT2D eigenvalue weighted by Crippen LogP contribution is 2.29.